The molecule has 0 amide bonds. The Kier molecular flexibility index (Phi) is 5.12. The van der Waals surface area contributed by atoms with Crippen molar-refractivity contribution >= 4 is 0 Å². The average Bonchev–Trinajstić information content (AvgIpc) is 2.72. The Balaban J connectivity index is 1.86. The molecule has 2 aliphatic carbocycles. The first-order valence-electron chi connectivity index (χ1n) is 8.36. The molecule has 1 heteroatoms. The third-order valence-electron chi connectivity index (χ3n) is 6.02. The van der Waals surface area contributed by atoms with E-state index in [4.69, 9.17) is 0 Å². The Labute approximate surface area is 114 Å². The van der Waals surface area contributed by atoms with Crippen LogP contribution in [-0.4, -0.2) is 12.6 Å². The van der Waals surface area contributed by atoms with Crippen LogP contribution < -0.4 is 5.32 Å². The van der Waals surface area contributed by atoms with Crippen LogP contribution in [0.4, 0.5) is 0 Å². The molecule has 106 valence electrons. The van der Waals surface area contributed by atoms with E-state index in [1.807, 2.05) is 0 Å². The average molecular weight is 251 g/mol. The molecule has 0 heterocycles. The maximum Gasteiger partial charge on any atom is 0.00955 e. The molecule has 18 heavy (non-hydrogen) atoms. The summed E-state index contributed by atoms with van der Waals surface area (Å²) in [5, 5.41) is 3.77. The van der Waals surface area contributed by atoms with Gasteiger partial charge in [-0.2, -0.15) is 0 Å². The zero-order valence-electron chi connectivity index (χ0n) is 12.9. The molecule has 6 unspecified atom stereocenters. The highest BCUT2D eigenvalue weighted by Gasteiger charge is 2.39. The Hall–Kier alpha value is -0.0400. The predicted molar refractivity (Wildman–Crippen MR) is 79.6 cm³/mol. The Morgan fingerprint density at radius 1 is 0.944 bits per heavy atom. The van der Waals surface area contributed by atoms with Gasteiger partial charge in [0.25, 0.3) is 0 Å². The van der Waals surface area contributed by atoms with Crippen molar-refractivity contribution < 1.29 is 0 Å². The van der Waals surface area contributed by atoms with Crippen LogP contribution in [0.2, 0.25) is 0 Å². The second-order valence-electron chi connectivity index (χ2n) is 7.19. The molecule has 0 aromatic heterocycles. The van der Waals surface area contributed by atoms with E-state index in [0.717, 1.165) is 35.6 Å². The van der Waals surface area contributed by atoms with Gasteiger partial charge >= 0.3 is 0 Å². The molecule has 0 aliphatic heterocycles. The van der Waals surface area contributed by atoms with E-state index in [9.17, 15) is 0 Å². The fourth-order valence-electron chi connectivity index (χ4n) is 4.46. The minimum absolute atomic E-state index is 0.810. The lowest BCUT2D eigenvalue weighted by molar-refractivity contribution is 0.133. The van der Waals surface area contributed by atoms with Crippen molar-refractivity contribution in [2.45, 2.75) is 72.3 Å². The highest BCUT2D eigenvalue weighted by molar-refractivity contribution is 4.92. The number of nitrogens with one attached hydrogen (secondary N) is 1. The van der Waals surface area contributed by atoms with Crippen LogP contribution in [0.15, 0.2) is 0 Å². The SMILES string of the molecule is CCCNC1CCC(C2CCC(C)C(C)C2)C1C. The molecule has 2 fully saturated rings. The van der Waals surface area contributed by atoms with E-state index in [0.29, 0.717) is 0 Å². The molecule has 0 aromatic rings. The molecule has 1 nitrogen and oxygen atoms in total. The normalized spacial score (nSPS) is 45.3. The highest BCUT2D eigenvalue weighted by atomic mass is 14.9. The van der Waals surface area contributed by atoms with Gasteiger partial charge in [-0.05, 0) is 68.2 Å². The van der Waals surface area contributed by atoms with Crippen molar-refractivity contribution in [3.63, 3.8) is 0 Å². The zero-order chi connectivity index (χ0) is 13.1. The van der Waals surface area contributed by atoms with Crippen molar-refractivity contribution in [3.05, 3.63) is 0 Å². The van der Waals surface area contributed by atoms with E-state index in [2.05, 4.69) is 33.0 Å². The summed E-state index contributed by atoms with van der Waals surface area (Å²) in [4.78, 5) is 0. The number of hydrogen-bond donors (Lipinski definition) is 1. The quantitative estimate of drug-likeness (QED) is 0.777. The highest BCUT2D eigenvalue weighted by Crippen LogP contribution is 2.45. The van der Waals surface area contributed by atoms with Crippen molar-refractivity contribution in [2.24, 2.45) is 29.6 Å². The first-order valence-corrected chi connectivity index (χ1v) is 8.36. The summed E-state index contributed by atoms with van der Waals surface area (Å²) in [5.74, 6) is 4.86. The molecule has 1 N–H and O–H groups in total. The topological polar surface area (TPSA) is 12.0 Å². The van der Waals surface area contributed by atoms with E-state index in [1.165, 1.54) is 45.1 Å². The molecule has 0 saturated heterocycles. The summed E-state index contributed by atoms with van der Waals surface area (Å²) in [6.45, 7) is 10.9. The Morgan fingerprint density at radius 3 is 2.39 bits per heavy atom. The van der Waals surface area contributed by atoms with Crippen LogP contribution in [-0.2, 0) is 0 Å². The molecule has 0 spiro atoms. The molecular formula is C17H33N. The van der Waals surface area contributed by atoms with Crippen LogP contribution in [0, 0.1) is 29.6 Å². The van der Waals surface area contributed by atoms with E-state index >= 15 is 0 Å². The third kappa shape index (κ3) is 3.10. The molecule has 0 bridgehead atoms. The molecular weight excluding hydrogens is 218 g/mol. The standard InChI is InChI=1S/C17H33N/c1-5-10-18-17-9-8-16(14(17)4)15-7-6-12(2)13(3)11-15/h12-18H,5-11H2,1-4H3. The van der Waals surface area contributed by atoms with Gasteiger partial charge in [-0.25, -0.2) is 0 Å². The van der Waals surface area contributed by atoms with Gasteiger partial charge in [0, 0.05) is 6.04 Å². The fraction of sp³-hybridized carbons (Fsp3) is 1.00. The maximum absolute atomic E-state index is 3.77. The minimum atomic E-state index is 0.810. The summed E-state index contributed by atoms with van der Waals surface area (Å²) in [6.07, 6.45) is 8.65. The fourth-order valence-corrected chi connectivity index (χ4v) is 4.46. The molecule has 0 radical (unpaired) electrons. The monoisotopic (exact) mass is 251 g/mol. The minimum Gasteiger partial charge on any atom is -0.314 e. The van der Waals surface area contributed by atoms with Gasteiger partial charge in [-0.15, -0.1) is 0 Å². The Morgan fingerprint density at radius 2 is 1.72 bits per heavy atom. The van der Waals surface area contributed by atoms with E-state index in [1.54, 1.807) is 0 Å². The third-order valence-corrected chi connectivity index (χ3v) is 6.02. The van der Waals surface area contributed by atoms with E-state index in [-0.39, 0.29) is 0 Å². The molecule has 2 rings (SSSR count). The van der Waals surface area contributed by atoms with Crippen molar-refractivity contribution in [2.75, 3.05) is 6.54 Å². The second-order valence-corrected chi connectivity index (χ2v) is 7.19. The van der Waals surface area contributed by atoms with Gasteiger partial charge < -0.3 is 5.32 Å². The molecule has 6 atom stereocenters. The molecule has 2 aliphatic rings. The van der Waals surface area contributed by atoms with Gasteiger partial charge in [-0.3, -0.25) is 0 Å². The summed E-state index contributed by atoms with van der Waals surface area (Å²) >= 11 is 0. The lowest BCUT2D eigenvalue weighted by Gasteiger charge is -2.37. The summed E-state index contributed by atoms with van der Waals surface area (Å²) in [5.41, 5.74) is 0. The summed E-state index contributed by atoms with van der Waals surface area (Å²) in [6, 6.07) is 0.810. The van der Waals surface area contributed by atoms with Crippen LogP contribution in [0.25, 0.3) is 0 Å². The van der Waals surface area contributed by atoms with Crippen molar-refractivity contribution in [1.29, 1.82) is 0 Å². The van der Waals surface area contributed by atoms with Crippen LogP contribution in [0.1, 0.15) is 66.2 Å². The van der Waals surface area contributed by atoms with Crippen molar-refractivity contribution in [1.82, 2.24) is 5.32 Å². The predicted octanol–water partition coefficient (Wildman–Crippen LogP) is 4.47. The second kappa shape index (κ2) is 6.41. The molecule has 0 aromatic carbocycles. The lowest BCUT2D eigenvalue weighted by Crippen LogP contribution is -2.35. The van der Waals surface area contributed by atoms with Gasteiger partial charge in [0.15, 0.2) is 0 Å². The van der Waals surface area contributed by atoms with Gasteiger partial charge in [0.05, 0.1) is 0 Å². The first kappa shape index (κ1) is 14.4. The molecule has 2 saturated carbocycles. The van der Waals surface area contributed by atoms with Crippen LogP contribution in [0.5, 0.6) is 0 Å². The zero-order valence-corrected chi connectivity index (χ0v) is 12.9. The maximum atomic E-state index is 3.77. The van der Waals surface area contributed by atoms with Gasteiger partial charge in [0.1, 0.15) is 0 Å². The number of rotatable bonds is 4. The Bertz CT molecular complexity index is 250. The lowest BCUT2D eigenvalue weighted by atomic mass is 9.69. The number of hydrogen-bond acceptors (Lipinski definition) is 1. The smallest absolute Gasteiger partial charge is 0.00955 e. The first-order chi connectivity index (χ1) is 8.63. The van der Waals surface area contributed by atoms with Gasteiger partial charge in [0.2, 0.25) is 0 Å². The largest absolute Gasteiger partial charge is 0.314 e. The van der Waals surface area contributed by atoms with E-state index < -0.39 is 0 Å². The van der Waals surface area contributed by atoms with Crippen molar-refractivity contribution in [3.8, 4) is 0 Å². The summed E-state index contributed by atoms with van der Waals surface area (Å²) in [7, 11) is 0. The van der Waals surface area contributed by atoms with Crippen LogP contribution >= 0.6 is 0 Å². The van der Waals surface area contributed by atoms with Gasteiger partial charge in [-0.1, -0.05) is 34.1 Å². The summed E-state index contributed by atoms with van der Waals surface area (Å²) < 4.78 is 0. The van der Waals surface area contributed by atoms with Crippen LogP contribution in [0.3, 0.4) is 0 Å².